The van der Waals surface area contributed by atoms with Gasteiger partial charge < -0.3 is 5.32 Å². The Hall–Kier alpha value is -3.64. The Kier molecular flexibility index (Phi) is 9.34. The molecule has 1 heterocycles. The van der Waals surface area contributed by atoms with Crippen molar-refractivity contribution in [1.29, 1.82) is 0 Å². The third-order valence-electron chi connectivity index (χ3n) is 5.65. The Morgan fingerprint density at radius 1 is 1.11 bits per heavy atom. The molecule has 0 saturated carbocycles. The van der Waals surface area contributed by atoms with Crippen LogP contribution in [0.2, 0.25) is 0 Å². The second-order valence-electron chi connectivity index (χ2n) is 8.34. The highest BCUT2D eigenvalue weighted by atomic mass is 32.2. The maximum atomic E-state index is 14.4. The summed E-state index contributed by atoms with van der Waals surface area (Å²) in [5, 5.41) is 2.52. The van der Waals surface area contributed by atoms with E-state index < -0.39 is 52.4 Å². The molecular weight excluding hydrogens is 529 g/mol. The lowest BCUT2D eigenvalue weighted by molar-refractivity contribution is -0.141. The van der Waals surface area contributed by atoms with Crippen LogP contribution in [0.1, 0.15) is 41.0 Å². The molecule has 0 fully saturated rings. The van der Waals surface area contributed by atoms with Crippen molar-refractivity contribution >= 4 is 28.9 Å². The summed E-state index contributed by atoms with van der Waals surface area (Å²) in [5.41, 5.74) is -0.300. The van der Waals surface area contributed by atoms with E-state index in [9.17, 15) is 31.0 Å². The van der Waals surface area contributed by atoms with Gasteiger partial charge in [-0.05, 0) is 60.7 Å². The smallest absolute Gasteiger partial charge is 0.346 e. The minimum atomic E-state index is -4.63. The summed E-state index contributed by atoms with van der Waals surface area (Å²) in [6, 6.07) is 12.2. The van der Waals surface area contributed by atoms with Crippen LogP contribution >= 0.6 is 0 Å². The molecule has 38 heavy (non-hydrogen) atoms. The normalized spacial score (nSPS) is 13.4. The SMILES string of the molecule is CC(NC(=O)C=Cc1ccc(C(F)(F)F)nc1CCc1ccccc1)c1cc(F)c(N(C)S(=O)O)c(F)c1. The van der Waals surface area contributed by atoms with Crippen LogP contribution < -0.4 is 9.62 Å². The lowest BCUT2D eigenvalue weighted by Gasteiger charge is -2.19. The van der Waals surface area contributed by atoms with Crippen molar-refractivity contribution in [3.63, 3.8) is 0 Å². The number of benzene rings is 2. The summed E-state index contributed by atoms with van der Waals surface area (Å²) >= 11 is -2.64. The predicted molar refractivity (Wildman–Crippen MR) is 134 cm³/mol. The van der Waals surface area contributed by atoms with E-state index in [2.05, 4.69) is 10.3 Å². The third kappa shape index (κ3) is 7.45. The highest BCUT2D eigenvalue weighted by Gasteiger charge is 2.32. The number of aromatic nitrogens is 1. The first-order chi connectivity index (χ1) is 17.9. The Morgan fingerprint density at radius 2 is 1.74 bits per heavy atom. The van der Waals surface area contributed by atoms with Gasteiger partial charge in [-0.3, -0.25) is 13.7 Å². The van der Waals surface area contributed by atoms with Crippen molar-refractivity contribution in [3.05, 3.63) is 100 Å². The summed E-state index contributed by atoms with van der Waals surface area (Å²) in [6.45, 7) is 1.47. The lowest BCUT2D eigenvalue weighted by Crippen LogP contribution is -2.26. The predicted octanol–water partition coefficient (Wildman–Crippen LogP) is 5.63. The van der Waals surface area contributed by atoms with E-state index in [-0.39, 0.29) is 17.7 Å². The summed E-state index contributed by atoms with van der Waals surface area (Å²) in [5.74, 6) is -2.86. The van der Waals surface area contributed by atoms with Gasteiger partial charge in [0.05, 0.1) is 6.04 Å². The summed E-state index contributed by atoms with van der Waals surface area (Å²) in [4.78, 5) is 16.2. The zero-order valence-corrected chi connectivity index (χ0v) is 21.1. The molecule has 202 valence electrons. The van der Waals surface area contributed by atoms with E-state index in [1.54, 1.807) is 0 Å². The van der Waals surface area contributed by atoms with Gasteiger partial charge in [0, 0.05) is 18.8 Å². The van der Waals surface area contributed by atoms with E-state index in [4.69, 9.17) is 4.55 Å². The van der Waals surface area contributed by atoms with Crippen LogP contribution in [0, 0.1) is 11.6 Å². The summed E-state index contributed by atoms with van der Waals surface area (Å²) < 4.78 is 89.2. The molecule has 3 rings (SSSR count). The number of carbonyl (C=O) groups excluding carboxylic acids is 1. The van der Waals surface area contributed by atoms with Gasteiger partial charge in [-0.2, -0.15) is 13.2 Å². The number of aryl methyl sites for hydroxylation is 2. The van der Waals surface area contributed by atoms with Crippen LogP contribution in [0.3, 0.4) is 0 Å². The second-order valence-corrected chi connectivity index (χ2v) is 9.35. The monoisotopic (exact) mass is 553 g/mol. The first-order valence-electron chi connectivity index (χ1n) is 11.3. The molecule has 0 spiro atoms. The van der Waals surface area contributed by atoms with Crippen LogP contribution in [0.15, 0.2) is 60.7 Å². The second kappa shape index (κ2) is 12.3. The number of alkyl halides is 3. The molecule has 1 aromatic heterocycles. The first kappa shape index (κ1) is 28.9. The topological polar surface area (TPSA) is 82.5 Å². The Bertz CT molecular complexity index is 1330. The number of halogens is 5. The van der Waals surface area contributed by atoms with Crippen molar-refractivity contribution in [2.45, 2.75) is 32.0 Å². The van der Waals surface area contributed by atoms with Crippen molar-refractivity contribution in [3.8, 4) is 0 Å². The number of anilines is 1. The van der Waals surface area contributed by atoms with Crippen LogP contribution in [-0.2, 0) is 35.1 Å². The van der Waals surface area contributed by atoms with Crippen molar-refractivity contribution < 1.29 is 35.5 Å². The quantitative estimate of drug-likeness (QED) is 0.205. The fourth-order valence-electron chi connectivity index (χ4n) is 3.65. The number of hydrogen-bond acceptors (Lipinski definition) is 3. The lowest BCUT2D eigenvalue weighted by atomic mass is 10.0. The molecule has 0 saturated heterocycles. The van der Waals surface area contributed by atoms with Gasteiger partial charge in [-0.15, -0.1) is 0 Å². The van der Waals surface area contributed by atoms with E-state index in [1.807, 2.05) is 30.3 Å². The third-order valence-corrected chi connectivity index (χ3v) is 6.31. The molecule has 1 amide bonds. The Balaban J connectivity index is 1.77. The Morgan fingerprint density at radius 3 is 2.32 bits per heavy atom. The minimum absolute atomic E-state index is 0.0577. The molecule has 0 radical (unpaired) electrons. The van der Waals surface area contributed by atoms with Crippen LogP contribution in [0.25, 0.3) is 6.08 Å². The maximum Gasteiger partial charge on any atom is 0.433 e. The van der Waals surface area contributed by atoms with Gasteiger partial charge >= 0.3 is 6.18 Å². The number of pyridine rings is 1. The molecule has 0 aliphatic rings. The zero-order chi connectivity index (χ0) is 28.0. The molecule has 2 atom stereocenters. The van der Waals surface area contributed by atoms with Crippen LogP contribution in [-0.4, -0.2) is 26.7 Å². The van der Waals surface area contributed by atoms with Gasteiger partial charge in [0.25, 0.3) is 11.3 Å². The van der Waals surface area contributed by atoms with Crippen molar-refractivity contribution in [1.82, 2.24) is 10.3 Å². The minimum Gasteiger partial charge on any atom is -0.346 e. The average Bonchev–Trinajstić information content (AvgIpc) is 2.85. The molecule has 6 nitrogen and oxygen atoms in total. The molecule has 0 bridgehead atoms. The molecule has 0 aliphatic heterocycles. The first-order valence-corrected chi connectivity index (χ1v) is 12.4. The zero-order valence-electron chi connectivity index (χ0n) is 20.3. The molecule has 2 unspecified atom stereocenters. The van der Waals surface area contributed by atoms with Gasteiger partial charge in [0.1, 0.15) is 11.4 Å². The van der Waals surface area contributed by atoms with E-state index in [1.165, 1.54) is 19.1 Å². The van der Waals surface area contributed by atoms with Crippen LogP contribution in [0.4, 0.5) is 27.6 Å². The number of carbonyl (C=O) groups is 1. The highest BCUT2D eigenvalue weighted by molar-refractivity contribution is 7.80. The fraction of sp³-hybridized carbons (Fsp3) is 0.231. The van der Waals surface area contributed by atoms with Gasteiger partial charge in [0.2, 0.25) is 5.91 Å². The maximum absolute atomic E-state index is 14.4. The molecule has 0 aliphatic carbocycles. The molecule has 12 heteroatoms. The highest BCUT2D eigenvalue weighted by Crippen LogP contribution is 2.29. The van der Waals surface area contributed by atoms with Gasteiger partial charge in [-0.25, -0.2) is 18.0 Å². The van der Waals surface area contributed by atoms with E-state index in [0.717, 1.165) is 36.9 Å². The fourth-order valence-corrected chi connectivity index (χ4v) is 3.98. The van der Waals surface area contributed by atoms with Crippen molar-refractivity contribution in [2.75, 3.05) is 11.4 Å². The van der Waals surface area contributed by atoms with Crippen molar-refractivity contribution in [2.24, 2.45) is 0 Å². The average molecular weight is 554 g/mol. The summed E-state index contributed by atoms with van der Waals surface area (Å²) in [6.07, 6.45) is -1.57. The van der Waals surface area contributed by atoms with Gasteiger partial charge in [-0.1, -0.05) is 36.4 Å². The number of rotatable bonds is 9. The largest absolute Gasteiger partial charge is 0.433 e. The Labute approximate surface area is 218 Å². The number of amides is 1. The molecule has 3 aromatic rings. The number of nitrogens with one attached hydrogen (secondary N) is 1. The molecule has 2 N–H and O–H groups in total. The number of nitrogens with zero attached hydrogens (tertiary/aromatic N) is 2. The summed E-state index contributed by atoms with van der Waals surface area (Å²) in [7, 11) is 1.04. The standard InChI is InChI=1S/C26H24F5N3O3S/c1-16(19-14-20(27)25(21(28)15-19)34(2)38(36)37)32-24(35)13-10-18-9-12-23(26(29,30)31)33-22(18)11-8-17-6-4-3-5-7-17/h3-7,9-10,12-16H,8,11H2,1-2H3,(H,32,35)(H,36,37). The molecular formula is C26H24F5N3O3S. The molecule has 2 aromatic carbocycles. The van der Waals surface area contributed by atoms with E-state index in [0.29, 0.717) is 16.3 Å². The van der Waals surface area contributed by atoms with Crippen LogP contribution in [0.5, 0.6) is 0 Å². The van der Waals surface area contributed by atoms with E-state index >= 15 is 0 Å². The van der Waals surface area contributed by atoms with Gasteiger partial charge in [0.15, 0.2) is 11.6 Å². The number of hydrogen-bond donors (Lipinski definition) is 2.